The number of urea groups is 1. The Bertz CT molecular complexity index is 645. The Morgan fingerprint density at radius 3 is 2.70 bits per heavy atom. The first-order valence-electron chi connectivity index (χ1n) is 8.05. The third-order valence-electron chi connectivity index (χ3n) is 4.76. The predicted molar refractivity (Wildman–Crippen MR) is 86.3 cm³/mol. The SMILES string of the molecule is CN1C(=O)N[C@@H]2CN(C(=O)c3cn(C)nc3C(C)(C)C)CC[C@@H]21. The maximum Gasteiger partial charge on any atom is 0.317 e. The van der Waals surface area contributed by atoms with Crippen LogP contribution in [-0.4, -0.2) is 63.7 Å². The van der Waals surface area contributed by atoms with Crippen molar-refractivity contribution in [2.45, 2.75) is 44.7 Å². The van der Waals surface area contributed by atoms with Gasteiger partial charge in [-0.05, 0) is 6.42 Å². The molecule has 2 fully saturated rings. The van der Waals surface area contributed by atoms with Gasteiger partial charge in [-0.2, -0.15) is 5.10 Å². The van der Waals surface area contributed by atoms with E-state index in [2.05, 4.69) is 31.2 Å². The zero-order valence-electron chi connectivity index (χ0n) is 14.5. The van der Waals surface area contributed by atoms with E-state index >= 15 is 0 Å². The van der Waals surface area contributed by atoms with E-state index in [1.807, 2.05) is 19.0 Å². The quantitative estimate of drug-likeness (QED) is 0.838. The summed E-state index contributed by atoms with van der Waals surface area (Å²) in [5.74, 6) is 0.00489. The monoisotopic (exact) mass is 319 g/mol. The largest absolute Gasteiger partial charge is 0.336 e. The van der Waals surface area contributed by atoms with Crippen LogP contribution in [0, 0.1) is 0 Å². The standard InChI is InChI=1S/C16H25N5O2/c1-16(2,3)13-10(8-19(4)18-13)14(22)21-7-6-12-11(9-21)17-15(23)20(12)5/h8,11-12H,6-7,9H2,1-5H3,(H,17,23)/t11-,12+/m1/s1. The van der Waals surface area contributed by atoms with Gasteiger partial charge in [-0.1, -0.05) is 20.8 Å². The Morgan fingerprint density at radius 2 is 2.04 bits per heavy atom. The molecule has 1 aromatic rings. The summed E-state index contributed by atoms with van der Waals surface area (Å²) in [5.41, 5.74) is 1.29. The van der Waals surface area contributed by atoms with Gasteiger partial charge in [-0.25, -0.2) is 4.79 Å². The molecule has 2 aliphatic heterocycles. The van der Waals surface area contributed by atoms with E-state index < -0.39 is 0 Å². The predicted octanol–water partition coefficient (Wildman–Crippen LogP) is 0.956. The minimum absolute atomic E-state index is 0.00489. The fourth-order valence-corrected chi connectivity index (χ4v) is 3.51. The fraction of sp³-hybridized carbons (Fsp3) is 0.688. The van der Waals surface area contributed by atoms with E-state index in [0.717, 1.165) is 12.1 Å². The summed E-state index contributed by atoms with van der Waals surface area (Å²) < 4.78 is 1.70. The second-order valence-corrected chi connectivity index (χ2v) is 7.59. The molecule has 3 rings (SSSR count). The van der Waals surface area contributed by atoms with Gasteiger partial charge in [0.2, 0.25) is 0 Å². The van der Waals surface area contributed by atoms with Crippen LogP contribution in [-0.2, 0) is 12.5 Å². The van der Waals surface area contributed by atoms with Crippen LogP contribution >= 0.6 is 0 Å². The molecule has 126 valence electrons. The van der Waals surface area contributed by atoms with Gasteiger partial charge < -0.3 is 15.1 Å². The number of aryl methyl sites for hydroxylation is 1. The van der Waals surface area contributed by atoms with E-state index in [-0.39, 0.29) is 29.4 Å². The van der Waals surface area contributed by atoms with Crippen LogP contribution in [0.2, 0.25) is 0 Å². The Morgan fingerprint density at radius 1 is 1.35 bits per heavy atom. The molecule has 0 saturated carbocycles. The molecule has 1 N–H and O–H groups in total. The Kier molecular flexibility index (Phi) is 3.61. The van der Waals surface area contributed by atoms with Crippen LogP contribution in [0.25, 0.3) is 0 Å². The summed E-state index contributed by atoms with van der Waals surface area (Å²) in [6.45, 7) is 7.40. The molecule has 0 radical (unpaired) electrons. The number of amides is 3. The van der Waals surface area contributed by atoms with Crippen LogP contribution in [0.15, 0.2) is 6.20 Å². The summed E-state index contributed by atoms with van der Waals surface area (Å²) in [6.07, 6.45) is 2.60. The van der Waals surface area contributed by atoms with Gasteiger partial charge in [0.1, 0.15) is 0 Å². The smallest absolute Gasteiger partial charge is 0.317 e. The number of carbonyl (C=O) groups excluding carboxylic acids is 2. The number of nitrogens with zero attached hydrogens (tertiary/aromatic N) is 4. The molecular weight excluding hydrogens is 294 g/mol. The van der Waals surface area contributed by atoms with Crippen molar-refractivity contribution < 1.29 is 9.59 Å². The van der Waals surface area contributed by atoms with Gasteiger partial charge >= 0.3 is 6.03 Å². The highest BCUT2D eigenvalue weighted by molar-refractivity contribution is 5.95. The summed E-state index contributed by atoms with van der Waals surface area (Å²) in [5, 5.41) is 7.44. The molecule has 3 heterocycles. The fourth-order valence-electron chi connectivity index (χ4n) is 3.51. The molecule has 7 nitrogen and oxygen atoms in total. The second-order valence-electron chi connectivity index (χ2n) is 7.59. The summed E-state index contributed by atoms with van der Waals surface area (Å²) >= 11 is 0. The van der Waals surface area contributed by atoms with Gasteiger partial charge in [0.25, 0.3) is 5.91 Å². The van der Waals surface area contributed by atoms with E-state index in [9.17, 15) is 9.59 Å². The van der Waals surface area contributed by atoms with Gasteiger partial charge in [0, 0.05) is 38.8 Å². The van der Waals surface area contributed by atoms with Crippen molar-refractivity contribution in [3.63, 3.8) is 0 Å². The zero-order chi connectivity index (χ0) is 16.9. The number of likely N-dealkylation sites (N-methyl/N-ethyl adjacent to an activating group) is 1. The van der Waals surface area contributed by atoms with E-state index in [0.29, 0.717) is 18.7 Å². The van der Waals surface area contributed by atoms with E-state index in [1.54, 1.807) is 15.8 Å². The van der Waals surface area contributed by atoms with Crippen molar-refractivity contribution in [3.05, 3.63) is 17.5 Å². The lowest BCUT2D eigenvalue weighted by atomic mass is 9.89. The van der Waals surface area contributed by atoms with Crippen molar-refractivity contribution in [1.29, 1.82) is 0 Å². The number of aromatic nitrogens is 2. The number of nitrogens with one attached hydrogen (secondary N) is 1. The maximum absolute atomic E-state index is 13.0. The van der Waals surface area contributed by atoms with Crippen LogP contribution in [0.4, 0.5) is 4.79 Å². The van der Waals surface area contributed by atoms with Gasteiger partial charge in [0.15, 0.2) is 0 Å². The van der Waals surface area contributed by atoms with Crippen LogP contribution in [0.1, 0.15) is 43.2 Å². The van der Waals surface area contributed by atoms with Gasteiger partial charge in [0.05, 0.1) is 23.3 Å². The molecule has 2 atom stereocenters. The van der Waals surface area contributed by atoms with Crippen LogP contribution in [0.5, 0.6) is 0 Å². The Labute approximate surface area is 136 Å². The second kappa shape index (κ2) is 5.25. The normalized spacial score (nSPS) is 24.7. The molecule has 2 saturated heterocycles. The van der Waals surface area contributed by atoms with Gasteiger partial charge in [-0.15, -0.1) is 0 Å². The molecule has 0 aromatic carbocycles. The van der Waals surface area contributed by atoms with Crippen LogP contribution in [0.3, 0.4) is 0 Å². The lowest BCUT2D eigenvalue weighted by Gasteiger charge is -2.36. The summed E-state index contributed by atoms with van der Waals surface area (Å²) in [7, 11) is 3.65. The number of likely N-dealkylation sites (tertiary alicyclic amines) is 1. The first-order valence-corrected chi connectivity index (χ1v) is 8.05. The average molecular weight is 319 g/mol. The Balaban J connectivity index is 1.82. The molecular formula is C16H25N5O2. The van der Waals surface area contributed by atoms with Crippen molar-refractivity contribution in [3.8, 4) is 0 Å². The number of hydrogen-bond donors (Lipinski definition) is 1. The van der Waals surface area contributed by atoms with Crippen molar-refractivity contribution >= 4 is 11.9 Å². The molecule has 0 spiro atoms. The summed E-state index contributed by atoms with van der Waals surface area (Å²) in [6, 6.07) is 0.147. The van der Waals surface area contributed by atoms with Crippen molar-refractivity contribution in [2.24, 2.45) is 7.05 Å². The zero-order valence-corrected chi connectivity index (χ0v) is 14.5. The molecule has 3 amide bonds. The third kappa shape index (κ3) is 2.68. The van der Waals surface area contributed by atoms with E-state index in [1.165, 1.54) is 0 Å². The highest BCUT2D eigenvalue weighted by Crippen LogP contribution is 2.27. The number of carbonyl (C=O) groups is 2. The lowest BCUT2D eigenvalue weighted by Crippen LogP contribution is -2.52. The molecule has 23 heavy (non-hydrogen) atoms. The average Bonchev–Trinajstić information content (AvgIpc) is 2.99. The molecule has 2 aliphatic rings. The number of fused-ring (bicyclic) bond motifs is 1. The Hall–Kier alpha value is -2.05. The van der Waals surface area contributed by atoms with Gasteiger partial charge in [-0.3, -0.25) is 9.48 Å². The molecule has 0 bridgehead atoms. The lowest BCUT2D eigenvalue weighted by molar-refractivity contribution is 0.0663. The minimum atomic E-state index is -0.188. The first kappa shape index (κ1) is 15.8. The molecule has 0 aliphatic carbocycles. The topological polar surface area (TPSA) is 70.5 Å². The highest BCUT2D eigenvalue weighted by Gasteiger charge is 2.42. The third-order valence-corrected chi connectivity index (χ3v) is 4.76. The van der Waals surface area contributed by atoms with E-state index in [4.69, 9.17) is 0 Å². The highest BCUT2D eigenvalue weighted by atomic mass is 16.2. The van der Waals surface area contributed by atoms with Crippen molar-refractivity contribution in [2.75, 3.05) is 20.1 Å². The maximum atomic E-state index is 13.0. The summed E-state index contributed by atoms with van der Waals surface area (Å²) in [4.78, 5) is 28.3. The number of rotatable bonds is 1. The van der Waals surface area contributed by atoms with Crippen LogP contribution < -0.4 is 5.32 Å². The first-order chi connectivity index (χ1) is 10.7. The molecule has 1 aromatic heterocycles. The molecule has 7 heteroatoms. The van der Waals surface area contributed by atoms with Crippen molar-refractivity contribution in [1.82, 2.24) is 24.9 Å². The number of hydrogen-bond acceptors (Lipinski definition) is 3. The molecule has 0 unspecified atom stereocenters. The number of piperidine rings is 1. The minimum Gasteiger partial charge on any atom is -0.336 e.